The number of rotatable bonds is 5. The SMILES string of the molecule is Cc1ccccc1Oc1ccc(NC(=O)/C=C/c2ccc(F)cc2)cc1. The summed E-state index contributed by atoms with van der Waals surface area (Å²) in [5.74, 6) is 0.923. The van der Waals surface area contributed by atoms with Crippen molar-refractivity contribution in [2.45, 2.75) is 6.92 Å². The lowest BCUT2D eigenvalue weighted by Crippen LogP contribution is -2.07. The molecule has 4 heteroatoms. The van der Waals surface area contributed by atoms with E-state index in [0.717, 1.165) is 16.9 Å². The first-order chi connectivity index (χ1) is 12.6. The maximum atomic E-state index is 12.9. The number of hydrogen-bond acceptors (Lipinski definition) is 2. The number of ether oxygens (including phenoxy) is 1. The molecule has 0 radical (unpaired) electrons. The van der Waals surface area contributed by atoms with E-state index >= 15 is 0 Å². The summed E-state index contributed by atoms with van der Waals surface area (Å²) in [6.07, 6.45) is 3.04. The number of carbonyl (C=O) groups is 1. The summed E-state index contributed by atoms with van der Waals surface area (Å²) in [4.78, 5) is 12.0. The molecule has 0 aliphatic heterocycles. The Bertz CT molecular complexity index is 916. The molecule has 3 nitrogen and oxygen atoms in total. The summed E-state index contributed by atoms with van der Waals surface area (Å²) in [7, 11) is 0. The van der Waals surface area contributed by atoms with Gasteiger partial charge in [-0.1, -0.05) is 30.3 Å². The maximum Gasteiger partial charge on any atom is 0.248 e. The van der Waals surface area contributed by atoms with Crippen molar-refractivity contribution < 1.29 is 13.9 Å². The molecule has 0 aliphatic rings. The highest BCUT2D eigenvalue weighted by atomic mass is 19.1. The van der Waals surface area contributed by atoms with Crippen LogP contribution in [-0.4, -0.2) is 5.91 Å². The summed E-state index contributed by atoms with van der Waals surface area (Å²) >= 11 is 0. The zero-order valence-electron chi connectivity index (χ0n) is 14.3. The molecule has 3 aromatic rings. The molecule has 3 aromatic carbocycles. The first kappa shape index (κ1) is 17.4. The normalized spacial score (nSPS) is 10.7. The van der Waals surface area contributed by atoms with E-state index in [1.54, 1.807) is 42.5 Å². The molecular weight excluding hydrogens is 329 g/mol. The monoisotopic (exact) mass is 347 g/mol. The summed E-state index contributed by atoms with van der Waals surface area (Å²) in [5, 5.41) is 2.77. The van der Waals surface area contributed by atoms with Gasteiger partial charge in [0.15, 0.2) is 0 Å². The van der Waals surface area contributed by atoms with E-state index in [1.165, 1.54) is 18.2 Å². The van der Waals surface area contributed by atoms with Gasteiger partial charge in [0, 0.05) is 11.8 Å². The molecule has 1 amide bonds. The maximum absolute atomic E-state index is 12.9. The summed E-state index contributed by atoms with van der Waals surface area (Å²) in [6, 6.07) is 20.8. The number of amides is 1. The predicted molar refractivity (Wildman–Crippen MR) is 102 cm³/mol. The van der Waals surface area contributed by atoms with Crippen LogP contribution in [0.1, 0.15) is 11.1 Å². The average Bonchev–Trinajstić information content (AvgIpc) is 2.65. The van der Waals surface area contributed by atoms with Crippen LogP contribution in [0.2, 0.25) is 0 Å². The second-order valence-corrected chi connectivity index (χ2v) is 5.77. The van der Waals surface area contributed by atoms with Gasteiger partial charge in [-0.3, -0.25) is 4.79 Å². The van der Waals surface area contributed by atoms with Crippen LogP contribution < -0.4 is 10.1 Å². The number of carbonyl (C=O) groups excluding carboxylic acids is 1. The highest BCUT2D eigenvalue weighted by Gasteiger charge is 2.02. The molecular formula is C22H18FNO2. The van der Waals surface area contributed by atoms with Crippen molar-refractivity contribution in [1.82, 2.24) is 0 Å². The van der Waals surface area contributed by atoms with Crippen molar-refractivity contribution in [3.63, 3.8) is 0 Å². The van der Waals surface area contributed by atoms with E-state index in [1.807, 2.05) is 31.2 Å². The van der Waals surface area contributed by atoms with Gasteiger partial charge in [-0.05, 0) is 66.6 Å². The highest BCUT2D eigenvalue weighted by Crippen LogP contribution is 2.25. The van der Waals surface area contributed by atoms with E-state index in [9.17, 15) is 9.18 Å². The van der Waals surface area contributed by atoms with Crippen molar-refractivity contribution >= 4 is 17.7 Å². The first-order valence-electron chi connectivity index (χ1n) is 8.18. The molecule has 0 spiro atoms. The van der Waals surface area contributed by atoms with Crippen molar-refractivity contribution in [3.8, 4) is 11.5 Å². The topological polar surface area (TPSA) is 38.3 Å². The Morgan fingerprint density at radius 2 is 1.65 bits per heavy atom. The van der Waals surface area contributed by atoms with E-state index in [4.69, 9.17) is 4.74 Å². The van der Waals surface area contributed by atoms with Gasteiger partial charge in [-0.15, -0.1) is 0 Å². The lowest BCUT2D eigenvalue weighted by molar-refractivity contribution is -0.111. The van der Waals surface area contributed by atoms with Gasteiger partial charge in [-0.2, -0.15) is 0 Å². The number of aryl methyl sites for hydroxylation is 1. The molecule has 0 heterocycles. The zero-order chi connectivity index (χ0) is 18.4. The van der Waals surface area contributed by atoms with Crippen LogP contribution in [0.25, 0.3) is 6.08 Å². The highest BCUT2D eigenvalue weighted by molar-refractivity contribution is 6.01. The number of anilines is 1. The second-order valence-electron chi connectivity index (χ2n) is 5.77. The molecule has 0 saturated carbocycles. The molecule has 0 fully saturated rings. The number of nitrogens with one attached hydrogen (secondary N) is 1. The van der Waals surface area contributed by atoms with Crippen molar-refractivity contribution in [2.75, 3.05) is 5.32 Å². The van der Waals surface area contributed by atoms with Gasteiger partial charge in [-0.25, -0.2) is 4.39 Å². The lowest BCUT2D eigenvalue weighted by Gasteiger charge is -2.09. The summed E-state index contributed by atoms with van der Waals surface area (Å²) in [6.45, 7) is 1.98. The van der Waals surface area contributed by atoms with Gasteiger partial charge in [0.2, 0.25) is 5.91 Å². The third-order valence-electron chi connectivity index (χ3n) is 3.74. The smallest absolute Gasteiger partial charge is 0.248 e. The Kier molecular flexibility index (Phi) is 5.44. The van der Waals surface area contributed by atoms with E-state index in [-0.39, 0.29) is 11.7 Å². The van der Waals surface area contributed by atoms with Gasteiger partial charge in [0.1, 0.15) is 17.3 Å². The van der Waals surface area contributed by atoms with Crippen LogP contribution in [0, 0.1) is 12.7 Å². The van der Waals surface area contributed by atoms with Gasteiger partial charge >= 0.3 is 0 Å². The lowest BCUT2D eigenvalue weighted by atomic mass is 10.2. The van der Waals surface area contributed by atoms with Crippen LogP contribution in [0.5, 0.6) is 11.5 Å². The number of benzene rings is 3. The third-order valence-corrected chi connectivity index (χ3v) is 3.74. The average molecular weight is 347 g/mol. The predicted octanol–water partition coefficient (Wildman–Crippen LogP) is 5.58. The molecule has 1 N–H and O–H groups in total. The molecule has 3 rings (SSSR count). The van der Waals surface area contributed by atoms with Crippen LogP contribution in [0.3, 0.4) is 0 Å². The quantitative estimate of drug-likeness (QED) is 0.612. The van der Waals surface area contributed by atoms with E-state index < -0.39 is 0 Å². The van der Waals surface area contributed by atoms with Gasteiger partial charge < -0.3 is 10.1 Å². The molecule has 26 heavy (non-hydrogen) atoms. The van der Waals surface area contributed by atoms with Crippen LogP contribution >= 0.6 is 0 Å². The fourth-order valence-corrected chi connectivity index (χ4v) is 2.33. The Balaban J connectivity index is 1.59. The Hall–Kier alpha value is -3.40. The van der Waals surface area contributed by atoms with Crippen molar-refractivity contribution in [3.05, 3.63) is 95.8 Å². The fourth-order valence-electron chi connectivity index (χ4n) is 2.33. The standard InChI is InChI=1S/C22H18FNO2/c1-16-4-2-3-5-21(16)26-20-13-11-19(12-14-20)24-22(25)15-8-17-6-9-18(23)10-7-17/h2-15H,1H3,(H,24,25)/b15-8+. The summed E-state index contributed by atoms with van der Waals surface area (Å²) < 4.78 is 18.7. The molecule has 0 saturated heterocycles. The molecule has 0 bridgehead atoms. The number of para-hydroxylation sites is 1. The molecule has 0 unspecified atom stereocenters. The van der Waals surface area contributed by atoms with Crippen LogP contribution in [0.15, 0.2) is 78.9 Å². The van der Waals surface area contributed by atoms with Crippen LogP contribution in [-0.2, 0) is 4.79 Å². The number of halogens is 1. The molecule has 0 aliphatic carbocycles. The Morgan fingerprint density at radius 1 is 0.962 bits per heavy atom. The molecule has 130 valence electrons. The molecule has 0 atom stereocenters. The van der Waals surface area contributed by atoms with Gasteiger partial charge in [0.05, 0.1) is 0 Å². The minimum atomic E-state index is -0.306. The van der Waals surface area contributed by atoms with Gasteiger partial charge in [0.25, 0.3) is 0 Å². The molecule has 0 aromatic heterocycles. The second kappa shape index (κ2) is 8.12. The number of hydrogen-bond donors (Lipinski definition) is 1. The van der Waals surface area contributed by atoms with E-state index in [0.29, 0.717) is 11.4 Å². The van der Waals surface area contributed by atoms with Crippen LogP contribution in [0.4, 0.5) is 10.1 Å². The zero-order valence-corrected chi connectivity index (χ0v) is 14.3. The minimum Gasteiger partial charge on any atom is -0.457 e. The van der Waals surface area contributed by atoms with E-state index in [2.05, 4.69) is 5.32 Å². The first-order valence-corrected chi connectivity index (χ1v) is 8.18. The summed E-state index contributed by atoms with van der Waals surface area (Å²) in [5.41, 5.74) is 2.47. The Labute approximate surface area is 151 Å². The Morgan fingerprint density at radius 3 is 2.35 bits per heavy atom. The van der Waals surface area contributed by atoms with Crippen molar-refractivity contribution in [2.24, 2.45) is 0 Å². The third kappa shape index (κ3) is 4.80. The minimum absolute atomic E-state index is 0.262. The fraction of sp³-hybridized carbons (Fsp3) is 0.0455. The largest absolute Gasteiger partial charge is 0.457 e. The van der Waals surface area contributed by atoms with Crippen molar-refractivity contribution in [1.29, 1.82) is 0 Å².